The van der Waals surface area contributed by atoms with Crippen LogP contribution in [0.1, 0.15) is 21.0 Å². The number of hydrogen-bond acceptors (Lipinski definition) is 8. The van der Waals surface area contributed by atoms with Gasteiger partial charge in [0.2, 0.25) is 5.88 Å². The fourth-order valence-electron chi connectivity index (χ4n) is 2.11. The molecule has 3 rings (SSSR count). The lowest BCUT2D eigenvalue weighted by atomic mass is 10.1. The van der Waals surface area contributed by atoms with Crippen molar-refractivity contribution >= 4 is 17.4 Å². The highest BCUT2D eigenvalue weighted by Gasteiger charge is 2.18. The Hall–Kier alpha value is -2.85. The number of aliphatic hydroxyl groups excluding tert-OH is 1. The van der Waals surface area contributed by atoms with Gasteiger partial charge in [0, 0.05) is 12.6 Å². The van der Waals surface area contributed by atoms with Crippen LogP contribution < -0.4 is 10.1 Å². The van der Waals surface area contributed by atoms with E-state index in [4.69, 9.17) is 14.4 Å². The molecule has 26 heavy (non-hydrogen) atoms. The van der Waals surface area contributed by atoms with Gasteiger partial charge in [-0.3, -0.25) is 9.78 Å². The summed E-state index contributed by atoms with van der Waals surface area (Å²) in [6.45, 7) is 1.86. The Labute approximate surface area is 151 Å². The normalized spacial score (nSPS) is 10.7. The maximum Gasteiger partial charge on any atom is 0.263 e. The van der Waals surface area contributed by atoms with E-state index in [0.29, 0.717) is 27.6 Å². The van der Waals surface area contributed by atoms with Gasteiger partial charge in [0.15, 0.2) is 0 Å². The molecule has 0 bridgehead atoms. The van der Waals surface area contributed by atoms with Crippen molar-refractivity contribution < 1.29 is 23.6 Å². The Morgan fingerprint density at radius 3 is 3.04 bits per heavy atom. The van der Waals surface area contributed by atoms with Crippen molar-refractivity contribution in [1.82, 2.24) is 19.8 Å². The molecule has 0 aliphatic rings. The van der Waals surface area contributed by atoms with Gasteiger partial charge < -0.3 is 19.7 Å². The highest BCUT2D eigenvalue weighted by Crippen LogP contribution is 2.26. The Bertz CT molecular complexity index is 894. The molecule has 2 N–H and O–H groups in total. The third-order valence-electron chi connectivity index (χ3n) is 3.43. The first-order chi connectivity index (χ1) is 12.6. The minimum atomic E-state index is -0.443. The summed E-state index contributed by atoms with van der Waals surface area (Å²) in [6, 6.07) is 4.30. The SMILES string of the molecule is Cc1onc(-c2ccc(F)cn2)c1COc1cc(C(=O)NCCO)sn1. The van der Waals surface area contributed by atoms with Crippen LogP contribution in [0.25, 0.3) is 11.4 Å². The third kappa shape index (κ3) is 4.03. The molecule has 3 aromatic rings. The number of halogens is 1. The summed E-state index contributed by atoms with van der Waals surface area (Å²) in [5, 5.41) is 15.2. The quantitative estimate of drug-likeness (QED) is 0.646. The lowest BCUT2D eigenvalue weighted by Crippen LogP contribution is -2.25. The fourth-order valence-corrected chi connectivity index (χ4v) is 2.72. The topological polar surface area (TPSA) is 110 Å². The van der Waals surface area contributed by atoms with Crippen LogP contribution in [0.5, 0.6) is 5.88 Å². The molecule has 1 amide bonds. The number of carbonyl (C=O) groups excluding carboxylic acids is 1. The average Bonchev–Trinajstić information content (AvgIpc) is 3.25. The molecule has 3 heterocycles. The Morgan fingerprint density at radius 1 is 1.46 bits per heavy atom. The molecule has 0 atom stereocenters. The van der Waals surface area contributed by atoms with Gasteiger partial charge in [-0.05, 0) is 30.6 Å². The van der Waals surface area contributed by atoms with Gasteiger partial charge >= 0.3 is 0 Å². The van der Waals surface area contributed by atoms with E-state index in [9.17, 15) is 9.18 Å². The van der Waals surface area contributed by atoms with E-state index >= 15 is 0 Å². The van der Waals surface area contributed by atoms with E-state index in [1.165, 1.54) is 18.2 Å². The molecule has 0 saturated carbocycles. The highest BCUT2D eigenvalue weighted by molar-refractivity contribution is 7.08. The molecule has 0 radical (unpaired) electrons. The van der Waals surface area contributed by atoms with Crippen LogP contribution in [-0.4, -0.2) is 38.7 Å². The summed E-state index contributed by atoms with van der Waals surface area (Å²) in [5.41, 5.74) is 1.58. The molecule has 3 aromatic heterocycles. The maximum atomic E-state index is 13.0. The summed E-state index contributed by atoms with van der Waals surface area (Å²) in [6.07, 6.45) is 1.10. The first-order valence-corrected chi connectivity index (χ1v) is 8.41. The summed E-state index contributed by atoms with van der Waals surface area (Å²) in [7, 11) is 0. The molecule has 0 unspecified atom stereocenters. The van der Waals surface area contributed by atoms with E-state index in [0.717, 1.165) is 17.7 Å². The average molecular weight is 378 g/mol. The van der Waals surface area contributed by atoms with Crippen LogP contribution in [0.4, 0.5) is 4.39 Å². The Balaban J connectivity index is 1.71. The first kappa shape index (κ1) is 18.0. The molecular formula is C16H15FN4O4S. The third-order valence-corrected chi connectivity index (χ3v) is 4.20. The lowest BCUT2D eigenvalue weighted by Gasteiger charge is -2.03. The zero-order valence-electron chi connectivity index (χ0n) is 13.7. The molecule has 136 valence electrons. The minimum absolute atomic E-state index is 0.102. The van der Waals surface area contributed by atoms with Gasteiger partial charge in [0.25, 0.3) is 5.91 Å². The van der Waals surface area contributed by atoms with Crippen molar-refractivity contribution in [3.05, 3.63) is 46.4 Å². The van der Waals surface area contributed by atoms with Crippen molar-refractivity contribution in [2.45, 2.75) is 13.5 Å². The Kier molecular flexibility index (Phi) is 5.54. The van der Waals surface area contributed by atoms with Gasteiger partial charge in [0.05, 0.1) is 24.1 Å². The number of aryl methyl sites for hydroxylation is 1. The number of nitrogens with zero attached hydrogens (tertiary/aromatic N) is 3. The largest absolute Gasteiger partial charge is 0.472 e. The molecule has 0 aliphatic heterocycles. The predicted molar refractivity (Wildman–Crippen MR) is 90.3 cm³/mol. The standard InChI is InChI=1S/C16H15FN4O4S/c1-9-11(15(20-25-9)12-3-2-10(17)7-19-12)8-24-14-6-13(26-21-14)16(23)18-4-5-22/h2-3,6-7,22H,4-5,8H2,1H3,(H,18,23). The molecule has 0 spiro atoms. The van der Waals surface area contributed by atoms with Gasteiger partial charge in [-0.15, -0.1) is 0 Å². The van der Waals surface area contributed by atoms with Crippen molar-refractivity contribution in [3.8, 4) is 17.3 Å². The first-order valence-electron chi connectivity index (χ1n) is 7.64. The second-order valence-corrected chi connectivity index (χ2v) is 6.03. The zero-order chi connectivity index (χ0) is 18.5. The van der Waals surface area contributed by atoms with Crippen LogP contribution in [-0.2, 0) is 6.61 Å². The van der Waals surface area contributed by atoms with Crippen LogP contribution >= 0.6 is 11.5 Å². The molecule has 10 heteroatoms. The van der Waals surface area contributed by atoms with Crippen LogP contribution in [0.2, 0.25) is 0 Å². The van der Waals surface area contributed by atoms with Crippen molar-refractivity contribution in [2.24, 2.45) is 0 Å². The number of hydrogen-bond donors (Lipinski definition) is 2. The zero-order valence-corrected chi connectivity index (χ0v) is 14.5. The van der Waals surface area contributed by atoms with Crippen molar-refractivity contribution in [1.29, 1.82) is 0 Å². The highest BCUT2D eigenvalue weighted by atomic mass is 32.1. The lowest BCUT2D eigenvalue weighted by molar-refractivity contribution is 0.0948. The van der Waals surface area contributed by atoms with Gasteiger partial charge in [-0.2, -0.15) is 4.37 Å². The molecule has 0 fully saturated rings. The number of aromatic nitrogens is 3. The monoisotopic (exact) mass is 378 g/mol. The van der Waals surface area contributed by atoms with E-state index < -0.39 is 5.82 Å². The molecular weight excluding hydrogens is 363 g/mol. The smallest absolute Gasteiger partial charge is 0.263 e. The predicted octanol–water partition coefficient (Wildman–Crippen LogP) is 1.94. The van der Waals surface area contributed by atoms with Crippen LogP contribution in [0.15, 0.2) is 28.9 Å². The number of amides is 1. The summed E-state index contributed by atoms with van der Waals surface area (Å²) in [5.74, 6) is 0.0510. The second kappa shape index (κ2) is 8.02. The van der Waals surface area contributed by atoms with E-state index in [-0.39, 0.29) is 31.5 Å². The van der Waals surface area contributed by atoms with E-state index in [2.05, 4.69) is 19.8 Å². The second-order valence-electron chi connectivity index (χ2n) is 5.23. The number of ether oxygens (including phenoxy) is 1. The van der Waals surface area contributed by atoms with Gasteiger partial charge in [-0.1, -0.05) is 5.16 Å². The number of pyridine rings is 1. The van der Waals surface area contributed by atoms with Gasteiger partial charge in [-0.25, -0.2) is 4.39 Å². The molecule has 8 nitrogen and oxygen atoms in total. The van der Waals surface area contributed by atoms with Crippen LogP contribution in [0.3, 0.4) is 0 Å². The van der Waals surface area contributed by atoms with Gasteiger partial charge in [0.1, 0.15) is 28.8 Å². The van der Waals surface area contributed by atoms with Crippen LogP contribution in [0, 0.1) is 12.7 Å². The number of carbonyl (C=O) groups is 1. The number of aliphatic hydroxyl groups is 1. The molecule has 0 saturated heterocycles. The number of nitrogens with one attached hydrogen (secondary N) is 1. The minimum Gasteiger partial charge on any atom is -0.472 e. The van der Waals surface area contributed by atoms with Crippen molar-refractivity contribution in [2.75, 3.05) is 13.2 Å². The summed E-state index contributed by atoms with van der Waals surface area (Å²) >= 11 is 0.990. The summed E-state index contributed by atoms with van der Waals surface area (Å²) in [4.78, 5) is 16.2. The summed E-state index contributed by atoms with van der Waals surface area (Å²) < 4.78 is 27.9. The maximum absolute atomic E-state index is 13.0. The Morgan fingerprint density at radius 2 is 2.31 bits per heavy atom. The molecule has 0 aliphatic carbocycles. The van der Waals surface area contributed by atoms with E-state index in [1.54, 1.807) is 6.92 Å². The van der Waals surface area contributed by atoms with Crippen molar-refractivity contribution in [3.63, 3.8) is 0 Å². The molecule has 0 aromatic carbocycles. The fraction of sp³-hybridized carbons (Fsp3) is 0.250. The number of rotatable bonds is 7. The van der Waals surface area contributed by atoms with E-state index in [1.807, 2.05) is 0 Å².